The topological polar surface area (TPSA) is 175 Å². The van der Waals surface area contributed by atoms with Crippen LogP contribution in [0.3, 0.4) is 0 Å². The van der Waals surface area contributed by atoms with Gasteiger partial charge in [-0.15, -0.1) is 0 Å². The maximum atomic E-state index is 13.5. The van der Waals surface area contributed by atoms with Gasteiger partial charge in [0.2, 0.25) is 5.91 Å². The first-order valence-electron chi connectivity index (χ1n) is 21.7. The minimum Gasteiger partial charge on any atom is -0.497 e. The summed E-state index contributed by atoms with van der Waals surface area (Å²) < 4.78 is 51.5. The number of nitrogens with zero attached hydrogens (tertiary/aromatic N) is 4. The molecule has 4 aromatic carbocycles. The van der Waals surface area contributed by atoms with E-state index >= 15 is 0 Å². The lowest BCUT2D eigenvalue weighted by Gasteiger charge is -2.42. The molecule has 332 valence electrons. The monoisotopic (exact) mass is 886 g/mol. The number of amides is 1. The van der Waals surface area contributed by atoms with E-state index < -0.39 is 61.7 Å². The number of benzene rings is 4. The van der Waals surface area contributed by atoms with Crippen LogP contribution in [-0.2, 0) is 40.1 Å². The molecule has 9 atom stereocenters. The number of H-pyrrole nitrogens is 1. The smallest absolute Gasteiger partial charge is 0.279 e. The molecule has 64 heavy (non-hydrogen) atoms. The van der Waals surface area contributed by atoms with Gasteiger partial charge in [-0.2, -0.15) is 0 Å². The summed E-state index contributed by atoms with van der Waals surface area (Å²) in [6.45, 7) is 4.50. The molecule has 0 saturated carbocycles. The fourth-order valence-electron chi connectivity index (χ4n) is 9.77. The van der Waals surface area contributed by atoms with E-state index in [0.29, 0.717) is 17.3 Å². The van der Waals surface area contributed by atoms with Crippen molar-refractivity contribution in [3.05, 3.63) is 154 Å². The van der Waals surface area contributed by atoms with Gasteiger partial charge in [0, 0.05) is 24.9 Å². The second-order valence-electron chi connectivity index (χ2n) is 16.9. The number of nitrogens with one attached hydrogen (secondary N) is 1. The Morgan fingerprint density at radius 1 is 0.953 bits per heavy atom. The summed E-state index contributed by atoms with van der Waals surface area (Å²) in [7, 11) is 1.69. The predicted octanol–water partition coefficient (Wildman–Crippen LogP) is 6.71. The molecule has 15 nitrogen and oxygen atoms in total. The number of fused-ring (bicyclic) bond motifs is 4. The van der Waals surface area contributed by atoms with Crippen LogP contribution >= 0.6 is 8.53 Å². The van der Waals surface area contributed by atoms with Crippen molar-refractivity contribution in [3.63, 3.8) is 0 Å². The van der Waals surface area contributed by atoms with E-state index in [1.807, 2.05) is 91.9 Å². The Morgan fingerprint density at radius 3 is 2.23 bits per heavy atom. The average Bonchev–Trinajstić information content (AvgIpc) is 4.15. The van der Waals surface area contributed by atoms with Crippen LogP contribution in [0, 0.1) is 5.92 Å². The SMILES string of the molecule is COc1ccc(C(OC[C@]23O[C@@H](n4cnc5c(=O)[nH]c(CC(C)C(N)=O)nc54)[C@H](O[C@H]2C)[C@@H]3O[P@@]2O[C@H](c3ccccc3)[C@@H]3CCCN32)(c2ccccc2)c2ccc(OC)cc2)cc1. The molecule has 6 heterocycles. The molecule has 10 rings (SSSR count). The number of carbonyl (C=O) groups is 1. The van der Waals surface area contributed by atoms with Gasteiger partial charge in [-0.1, -0.05) is 91.9 Å². The number of ether oxygens (including phenoxy) is 5. The summed E-state index contributed by atoms with van der Waals surface area (Å²) in [6.07, 6.45) is 0.710. The summed E-state index contributed by atoms with van der Waals surface area (Å²) in [5.74, 6) is 0.641. The van der Waals surface area contributed by atoms with Gasteiger partial charge in [-0.05, 0) is 66.3 Å². The Balaban J connectivity index is 1.09. The first-order valence-corrected chi connectivity index (χ1v) is 22.8. The normalized spacial score (nSPS) is 26.9. The maximum Gasteiger partial charge on any atom is 0.279 e. The summed E-state index contributed by atoms with van der Waals surface area (Å²) in [5, 5.41) is 0. The third kappa shape index (κ3) is 7.19. The molecule has 1 unspecified atom stereocenters. The van der Waals surface area contributed by atoms with Gasteiger partial charge in [-0.3, -0.25) is 14.2 Å². The molecule has 6 aromatic rings. The Bertz CT molecular complexity index is 2620. The van der Waals surface area contributed by atoms with E-state index in [-0.39, 0.29) is 36.3 Å². The van der Waals surface area contributed by atoms with Crippen LogP contribution in [-0.4, -0.2) is 87.4 Å². The van der Waals surface area contributed by atoms with Gasteiger partial charge in [0.05, 0.1) is 33.3 Å². The summed E-state index contributed by atoms with van der Waals surface area (Å²) in [6, 6.07) is 36.3. The summed E-state index contributed by atoms with van der Waals surface area (Å²) in [5.41, 5.74) is 6.83. The van der Waals surface area contributed by atoms with Crippen LogP contribution in [0.4, 0.5) is 0 Å². The number of methoxy groups -OCH3 is 2. The van der Waals surface area contributed by atoms with Crippen LogP contribution < -0.4 is 20.8 Å². The molecule has 4 aliphatic heterocycles. The molecule has 16 heteroatoms. The third-order valence-corrected chi connectivity index (χ3v) is 15.0. The van der Waals surface area contributed by atoms with Crippen molar-refractivity contribution in [1.29, 1.82) is 0 Å². The average molecular weight is 887 g/mol. The van der Waals surface area contributed by atoms with Gasteiger partial charge in [0.1, 0.15) is 46.8 Å². The number of carbonyl (C=O) groups excluding carboxylic acids is 1. The highest BCUT2D eigenvalue weighted by Crippen LogP contribution is 2.64. The molecule has 0 spiro atoms. The lowest BCUT2D eigenvalue weighted by molar-refractivity contribution is -0.229. The Morgan fingerprint density at radius 2 is 1.59 bits per heavy atom. The van der Waals surface area contributed by atoms with Gasteiger partial charge in [-0.25, -0.2) is 14.6 Å². The number of hydrogen-bond acceptors (Lipinski definition) is 12. The predicted molar refractivity (Wildman–Crippen MR) is 237 cm³/mol. The van der Waals surface area contributed by atoms with Crippen molar-refractivity contribution in [3.8, 4) is 11.5 Å². The zero-order valence-electron chi connectivity index (χ0n) is 36.0. The first kappa shape index (κ1) is 42.4. The molecule has 0 radical (unpaired) electrons. The van der Waals surface area contributed by atoms with E-state index in [2.05, 4.69) is 38.9 Å². The summed E-state index contributed by atoms with van der Waals surface area (Å²) >= 11 is 0. The molecule has 4 fully saturated rings. The molecule has 0 aliphatic carbocycles. The van der Waals surface area contributed by atoms with Crippen LogP contribution in [0.25, 0.3) is 11.2 Å². The van der Waals surface area contributed by atoms with Crippen LogP contribution in [0.2, 0.25) is 0 Å². The minimum absolute atomic E-state index is 0.00444. The van der Waals surface area contributed by atoms with Crippen LogP contribution in [0.5, 0.6) is 11.5 Å². The number of primary amides is 1. The number of imidazole rings is 1. The zero-order chi connectivity index (χ0) is 44.2. The lowest BCUT2D eigenvalue weighted by Crippen LogP contribution is -2.52. The fraction of sp³-hybridized carbons (Fsp3) is 0.375. The lowest BCUT2D eigenvalue weighted by atomic mass is 9.79. The van der Waals surface area contributed by atoms with Gasteiger partial charge in [0.15, 0.2) is 17.4 Å². The van der Waals surface area contributed by atoms with Crippen molar-refractivity contribution in [2.24, 2.45) is 11.7 Å². The summed E-state index contributed by atoms with van der Waals surface area (Å²) in [4.78, 5) is 37.6. The highest BCUT2D eigenvalue weighted by molar-refractivity contribution is 7.45. The quantitative estimate of drug-likeness (QED) is 0.0825. The Kier molecular flexibility index (Phi) is 11.4. The number of rotatable bonds is 15. The number of nitrogens with two attached hydrogens (primary N) is 1. The molecule has 2 bridgehead atoms. The van der Waals surface area contributed by atoms with Gasteiger partial charge >= 0.3 is 0 Å². The van der Waals surface area contributed by atoms with E-state index in [1.54, 1.807) is 32.0 Å². The molecule has 2 aromatic heterocycles. The fourth-order valence-corrected chi connectivity index (χ4v) is 11.8. The van der Waals surface area contributed by atoms with Crippen molar-refractivity contribution in [2.45, 2.75) is 81.0 Å². The first-order chi connectivity index (χ1) is 31.1. The van der Waals surface area contributed by atoms with Crippen molar-refractivity contribution in [1.82, 2.24) is 24.2 Å². The molecule has 3 N–H and O–H groups in total. The Labute approximate surface area is 371 Å². The second kappa shape index (κ2) is 17.1. The van der Waals surface area contributed by atoms with Crippen molar-refractivity contribution < 1.29 is 37.5 Å². The highest BCUT2D eigenvalue weighted by atomic mass is 31.2. The second-order valence-corrected chi connectivity index (χ2v) is 18.3. The third-order valence-electron chi connectivity index (χ3n) is 13.2. The molecular formula is C48H51N6O9P. The zero-order valence-corrected chi connectivity index (χ0v) is 36.9. The maximum absolute atomic E-state index is 13.5. The number of hydrogen-bond donors (Lipinski definition) is 2. The van der Waals surface area contributed by atoms with E-state index in [4.69, 9.17) is 43.4 Å². The van der Waals surface area contributed by atoms with Crippen LogP contribution in [0.15, 0.2) is 120 Å². The van der Waals surface area contributed by atoms with E-state index in [1.165, 1.54) is 0 Å². The molecular weight excluding hydrogens is 836 g/mol. The molecule has 4 aliphatic rings. The van der Waals surface area contributed by atoms with Crippen molar-refractivity contribution in [2.75, 3.05) is 27.4 Å². The number of aromatic nitrogens is 4. The van der Waals surface area contributed by atoms with Gasteiger partial charge < -0.3 is 43.4 Å². The van der Waals surface area contributed by atoms with Crippen molar-refractivity contribution >= 4 is 25.6 Å². The van der Waals surface area contributed by atoms with E-state index in [0.717, 1.165) is 41.6 Å². The largest absolute Gasteiger partial charge is 0.497 e. The number of aromatic amines is 1. The standard InChI is InChI=1S/C48H51N6O9P/c1-29(43(49)55)26-38-51-44-39(45(56)52-38)50-28-53(44)46-41-42(63-64-54-25-11-16-37(54)40(62-64)31-12-7-5-8-13-31)47(61-46,30(2)60-41)27-59-48(32-14-9-6-10-15-32,33-17-21-35(57-3)22-18-33)34-19-23-36(58-4)24-20-34/h5-10,12-15,17-24,28-30,37,40-42,46H,11,16,25-27H2,1-4H3,(H2,49,55)(H,51,52,56)/t29?,30-,37-,40+,41+,42-,46+,47-,64+/m0/s1. The minimum atomic E-state index is -1.59. The molecule has 1 amide bonds. The van der Waals surface area contributed by atoms with Crippen LogP contribution in [0.1, 0.15) is 67.1 Å². The Hall–Kier alpha value is -5.51. The van der Waals surface area contributed by atoms with Gasteiger partial charge in [0.25, 0.3) is 14.1 Å². The highest BCUT2D eigenvalue weighted by Gasteiger charge is 2.69. The molecule has 4 saturated heterocycles. The van der Waals surface area contributed by atoms with E-state index in [9.17, 15) is 9.59 Å².